The molecule has 6 heteroatoms. The molecular formula is C19H24N2O3S. The predicted octanol–water partition coefficient (Wildman–Crippen LogP) is 3.28. The van der Waals surface area contributed by atoms with Crippen molar-refractivity contribution in [2.24, 2.45) is 0 Å². The molecule has 0 bridgehead atoms. The Kier molecular flexibility index (Phi) is 5.48. The molecule has 1 saturated heterocycles. The molecule has 0 atom stereocenters. The lowest BCUT2D eigenvalue weighted by Crippen LogP contribution is -2.20. The first-order valence-electron chi connectivity index (χ1n) is 8.54. The van der Waals surface area contributed by atoms with Gasteiger partial charge in [0.25, 0.3) is 0 Å². The minimum Gasteiger partial charge on any atom is -0.497 e. The maximum atomic E-state index is 12.4. The number of benzene rings is 2. The summed E-state index contributed by atoms with van der Waals surface area (Å²) in [5.41, 5.74) is 2.64. The number of sulfonamides is 1. The zero-order chi connectivity index (χ0) is 17.7. The van der Waals surface area contributed by atoms with Crippen LogP contribution in [0.25, 0.3) is 0 Å². The molecule has 0 aliphatic carbocycles. The van der Waals surface area contributed by atoms with Gasteiger partial charge in [0.05, 0.1) is 18.6 Å². The summed E-state index contributed by atoms with van der Waals surface area (Å²) in [6, 6.07) is 15.1. The Bertz CT molecular complexity index is 815. The molecule has 5 nitrogen and oxygen atoms in total. The average Bonchev–Trinajstić information content (AvgIpc) is 3.15. The lowest BCUT2D eigenvalue weighted by atomic mass is 10.2. The van der Waals surface area contributed by atoms with Gasteiger partial charge in [-0.2, -0.15) is 0 Å². The molecule has 2 aromatic rings. The number of methoxy groups -OCH3 is 1. The third kappa shape index (κ3) is 4.89. The quantitative estimate of drug-likeness (QED) is 0.823. The van der Waals surface area contributed by atoms with Gasteiger partial charge < -0.3 is 9.64 Å². The van der Waals surface area contributed by atoms with E-state index in [1.54, 1.807) is 13.2 Å². The molecule has 1 aliphatic rings. The average molecular weight is 360 g/mol. The highest BCUT2D eigenvalue weighted by Gasteiger charge is 2.15. The highest BCUT2D eigenvalue weighted by atomic mass is 32.2. The second-order valence-electron chi connectivity index (χ2n) is 6.27. The van der Waals surface area contributed by atoms with Crippen LogP contribution in [0.1, 0.15) is 18.4 Å². The van der Waals surface area contributed by atoms with Gasteiger partial charge in [0.1, 0.15) is 5.75 Å². The molecule has 3 rings (SSSR count). The summed E-state index contributed by atoms with van der Waals surface area (Å²) >= 11 is 0. The fourth-order valence-corrected chi connectivity index (χ4v) is 4.14. The second kappa shape index (κ2) is 7.78. The first-order valence-corrected chi connectivity index (χ1v) is 10.2. The summed E-state index contributed by atoms with van der Waals surface area (Å²) in [7, 11) is -1.80. The van der Waals surface area contributed by atoms with E-state index in [4.69, 9.17) is 4.74 Å². The second-order valence-corrected chi connectivity index (χ2v) is 8.11. The van der Waals surface area contributed by atoms with E-state index in [2.05, 4.69) is 9.62 Å². The summed E-state index contributed by atoms with van der Waals surface area (Å²) in [5, 5.41) is 0. The smallest absolute Gasteiger partial charge is 0.233 e. The first-order chi connectivity index (χ1) is 12.1. The van der Waals surface area contributed by atoms with Crippen molar-refractivity contribution < 1.29 is 13.2 Å². The predicted molar refractivity (Wildman–Crippen MR) is 102 cm³/mol. The molecule has 134 valence electrons. The minimum absolute atomic E-state index is 0.0358. The third-order valence-corrected chi connectivity index (χ3v) is 5.67. The number of ether oxygens (including phenoxy) is 1. The van der Waals surface area contributed by atoms with E-state index in [9.17, 15) is 8.42 Å². The van der Waals surface area contributed by atoms with E-state index in [1.165, 1.54) is 12.8 Å². The molecule has 1 aliphatic heterocycles. The van der Waals surface area contributed by atoms with Crippen molar-refractivity contribution in [2.45, 2.75) is 19.3 Å². The van der Waals surface area contributed by atoms with Crippen LogP contribution in [-0.4, -0.2) is 34.4 Å². The minimum atomic E-state index is -3.40. The largest absolute Gasteiger partial charge is 0.497 e. The van der Waals surface area contributed by atoms with Gasteiger partial charge in [0.2, 0.25) is 10.0 Å². The number of nitrogens with zero attached hydrogens (tertiary/aromatic N) is 1. The van der Waals surface area contributed by atoms with Crippen molar-refractivity contribution in [3.8, 4) is 5.75 Å². The van der Waals surface area contributed by atoms with Crippen molar-refractivity contribution in [1.29, 1.82) is 0 Å². The molecule has 25 heavy (non-hydrogen) atoms. The number of nitrogens with one attached hydrogen (secondary N) is 1. The van der Waals surface area contributed by atoms with E-state index in [-0.39, 0.29) is 5.75 Å². The molecule has 0 aromatic heterocycles. The van der Waals surface area contributed by atoms with Crippen LogP contribution in [0.4, 0.5) is 11.4 Å². The van der Waals surface area contributed by atoms with Crippen LogP contribution in [-0.2, 0) is 16.4 Å². The summed E-state index contributed by atoms with van der Waals surface area (Å²) in [5.74, 6) is 0.773. The lowest BCUT2D eigenvalue weighted by Gasteiger charge is -2.18. The van der Waals surface area contributed by atoms with Crippen molar-refractivity contribution >= 4 is 21.4 Å². The summed E-state index contributed by atoms with van der Waals surface area (Å²) in [6.45, 7) is 2.07. The van der Waals surface area contributed by atoms with Crippen LogP contribution in [0.15, 0.2) is 48.5 Å². The zero-order valence-electron chi connectivity index (χ0n) is 14.4. The van der Waals surface area contributed by atoms with E-state index >= 15 is 0 Å². The van der Waals surface area contributed by atoms with Gasteiger partial charge in [-0.3, -0.25) is 4.72 Å². The van der Waals surface area contributed by atoms with Crippen LogP contribution < -0.4 is 14.4 Å². The number of aryl methyl sites for hydroxylation is 1. The fraction of sp³-hybridized carbons (Fsp3) is 0.368. The fourth-order valence-electron chi connectivity index (χ4n) is 3.05. The number of anilines is 2. The van der Waals surface area contributed by atoms with E-state index < -0.39 is 10.0 Å². The van der Waals surface area contributed by atoms with Crippen LogP contribution in [0.2, 0.25) is 0 Å². The van der Waals surface area contributed by atoms with Gasteiger partial charge >= 0.3 is 0 Å². The van der Waals surface area contributed by atoms with Crippen molar-refractivity contribution in [1.82, 2.24) is 0 Å². The SMILES string of the molecule is COc1cccc(CCS(=O)(=O)Nc2cccc(N3CCCC3)c2)c1. The maximum Gasteiger partial charge on any atom is 0.233 e. The Labute approximate surface area is 149 Å². The van der Waals surface area contributed by atoms with E-state index in [0.29, 0.717) is 12.1 Å². The van der Waals surface area contributed by atoms with E-state index in [1.807, 2.05) is 42.5 Å². The monoisotopic (exact) mass is 360 g/mol. The summed E-state index contributed by atoms with van der Waals surface area (Å²) < 4.78 is 32.7. The van der Waals surface area contributed by atoms with Gasteiger partial charge in [0, 0.05) is 18.8 Å². The molecule has 0 radical (unpaired) electrons. The van der Waals surface area contributed by atoms with E-state index in [0.717, 1.165) is 30.1 Å². The highest BCUT2D eigenvalue weighted by Crippen LogP contribution is 2.24. The Morgan fingerprint density at radius 2 is 1.84 bits per heavy atom. The van der Waals surface area contributed by atoms with Gasteiger partial charge in [-0.05, 0) is 55.2 Å². The molecule has 1 N–H and O–H groups in total. The lowest BCUT2D eigenvalue weighted by molar-refractivity contribution is 0.414. The molecule has 1 heterocycles. The van der Waals surface area contributed by atoms with Gasteiger partial charge in [0.15, 0.2) is 0 Å². The standard InChI is InChI=1S/C19H24N2O3S/c1-24-19-9-4-6-16(14-19)10-13-25(22,23)20-17-7-5-8-18(15-17)21-11-2-3-12-21/h4-9,14-15,20H,2-3,10-13H2,1H3. The molecule has 0 amide bonds. The van der Waals surface area contributed by atoms with Crippen molar-refractivity contribution in [2.75, 3.05) is 35.6 Å². The Hall–Kier alpha value is -2.21. The molecule has 1 fully saturated rings. The first kappa shape index (κ1) is 17.6. The Morgan fingerprint density at radius 1 is 1.08 bits per heavy atom. The number of hydrogen-bond acceptors (Lipinski definition) is 4. The maximum absolute atomic E-state index is 12.4. The van der Waals surface area contributed by atoms with Crippen molar-refractivity contribution in [3.05, 3.63) is 54.1 Å². The summed E-state index contributed by atoms with van der Waals surface area (Å²) in [4.78, 5) is 2.29. The van der Waals surface area contributed by atoms with Crippen LogP contribution in [0, 0.1) is 0 Å². The number of hydrogen-bond donors (Lipinski definition) is 1. The van der Waals surface area contributed by atoms with Crippen LogP contribution in [0.3, 0.4) is 0 Å². The van der Waals surface area contributed by atoms with Crippen LogP contribution in [0.5, 0.6) is 5.75 Å². The summed E-state index contributed by atoms with van der Waals surface area (Å²) in [6.07, 6.45) is 2.82. The van der Waals surface area contributed by atoms with Crippen molar-refractivity contribution in [3.63, 3.8) is 0 Å². The Balaban J connectivity index is 1.63. The molecule has 0 spiro atoms. The number of rotatable bonds is 7. The van der Waals surface area contributed by atoms with Gasteiger partial charge in [-0.15, -0.1) is 0 Å². The molecular weight excluding hydrogens is 336 g/mol. The Morgan fingerprint density at radius 3 is 2.60 bits per heavy atom. The molecule has 0 saturated carbocycles. The van der Waals surface area contributed by atoms with Gasteiger partial charge in [-0.25, -0.2) is 8.42 Å². The third-order valence-electron chi connectivity index (χ3n) is 4.38. The van der Waals surface area contributed by atoms with Crippen LogP contribution >= 0.6 is 0 Å². The van der Waals surface area contributed by atoms with Gasteiger partial charge in [-0.1, -0.05) is 18.2 Å². The normalized spacial score (nSPS) is 14.5. The molecule has 0 unspecified atom stereocenters. The zero-order valence-corrected chi connectivity index (χ0v) is 15.3. The topological polar surface area (TPSA) is 58.6 Å². The highest BCUT2D eigenvalue weighted by molar-refractivity contribution is 7.92. The molecule has 2 aromatic carbocycles.